The highest BCUT2D eigenvalue weighted by molar-refractivity contribution is 8.00. The van der Waals surface area contributed by atoms with Crippen molar-refractivity contribution in [2.75, 3.05) is 10.6 Å². The maximum atomic E-state index is 13.4. The van der Waals surface area contributed by atoms with E-state index in [-0.39, 0.29) is 23.5 Å². The van der Waals surface area contributed by atoms with Gasteiger partial charge in [-0.25, -0.2) is 9.37 Å². The third-order valence-corrected chi connectivity index (χ3v) is 7.52. The molecule has 35 heavy (non-hydrogen) atoms. The fourth-order valence-electron chi connectivity index (χ4n) is 3.53. The van der Waals surface area contributed by atoms with Gasteiger partial charge in [0, 0.05) is 27.4 Å². The van der Waals surface area contributed by atoms with Crippen LogP contribution in [0.15, 0.2) is 89.1 Å². The molecule has 1 aromatic heterocycles. The van der Waals surface area contributed by atoms with Gasteiger partial charge >= 0.3 is 0 Å². The maximum absolute atomic E-state index is 13.4. The predicted molar refractivity (Wildman–Crippen MR) is 139 cm³/mol. The summed E-state index contributed by atoms with van der Waals surface area (Å²) in [6.07, 6.45) is 1.88. The third kappa shape index (κ3) is 5.96. The van der Waals surface area contributed by atoms with Crippen LogP contribution < -0.4 is 10.6 Å². The number of thiazole rings is 1. The fraction of sp³-hybridized carbons (Fsp3) is 0.148. The number of nitrogens with one attached hydrogen (secondary N) is 2. The summed E-state index contributed by atoms with van der Waals surface area (Å²) in [5.74, 6) is -0.345. The second-order valence-electron chi connectivity index (χ2n) is 8.23. The van der Waals surface area contributed by atoms with Crippen LogP contribution in [0.5, 0.6) is 0 Å². The van der Waals surface area contributed by atoms with E-state index in [1.807, 2.05) is 60.0 Å². The Morgan fingerprint density at radius 1 is 0.971 bits per heavy atom. The van der Waals surface area contributed by atoms with Gasteiger partial charge in [0.05, 0.1) is 5.69 Å². The maximum Gasteiger partial charge on any atom is 0.244 e. The quantitative estimate of drug-likeness (QED) is 0.260. The lowest BCUT2D eigenvalue weighted by molar-refractivity contribution is -0.117. The lowest BCUT2D eigenvalue weighted by atomic mass is 10.1. The van der Waals surface area contributed by atoms with Gasteiger partial charge in [-0.2, -0.15) is 0 Å². The summed E-state index contributed by atoms with van der Waals surface area (Å²) in [6.45, 7) is 0. The standard InChI is InChI=1S/C27H22FN3O2S2/c28-20-13-11-17(12-14-20)23-16-34-27(30-23)31-26(33)24(18-5-2-1-3-6-18)35-22-8-4-7-21(15-22)29-25(32)19-9-10-19/h1-8,11-16,19,24H,9-10H2,(H,29,32)(H,30,31,33). The molecule has 0 radical (unpaired) electrons. The van der Waals surface area contributed by atoms with Crippen molar-refractivity contribution in [3.63, 3.8) is 0 Å². The van der Waals surface area contributed by atoms with Crippen molar-refractivity contribution in [3.8, 4) is 11.3 Å². The van der Waals surface area contributed by atoms with Gasteiger partial charge in [0.25, 0.3) is 0 Å². The van der Waals surface area contributed by atoms with Gasteiger partial charge in [-0.1, -0.05) is 36.4 Å². The Bertz CT molecular complexity index is 1340. The molecule has 2 N–H and O–H groups in total. The van der Waals surface area contributed by atoms with Crippen LogP contribution in [-0.4, -0.2) is 16.8 Å². The summed E-state index contributed by atoms with van der Waals surface area (Å²) >= 11 is 2.73. The van der Waals surface area contributed by atoms with Crippen molar-refractivity contribution in [1.29, 1.82) is 0 Å². The number of rotatable bonds is 8. The molecule has 1 heterocycles. The Kier molecular flexibility index (Phi) is 6.92. The lowest BCUT2D eigenvalue weighted by Gasteiger charge is -2.17. The van der Waals surface area contributed by atoms with E-state index >= 15 is 0 Å². The second kappa shape index (κ2) is 10.4. The minimum atomic E-state index is -0.524. The Hall–Kier alpha value is -3.49. The van der Waals surface area contributed by atoms with Crippen LogP contribution in [-0.2, 0) is 9.59 Å². The summed E-state index contributed by atoms with van der Waals surface area (Å²) in [7, 11) is 0. The molecule has 1 saturated carbocycles. The topological polar surface area (TPSA) is 71.1 Å². The summed E-state index contributed by atoms with van der Waals surface area (Å²) in [4.78, 5) is 30.9. The number of amides is 2. The molecule has 1 fully saturated rings. The number of benzene rings is 3. The largest absolute Gasteiger partial charge is 0.326 e. The molecule has 176 valence electrons. The number of halogens is 1. The monoisotopic (exact) mass is 503 g/mol. The molecule has 4 aromatic rings. The van der Waals surface area contributed by atoms with Crippen molar-refractivity contribution in [2.45, 2.75) is 23.0 Å². The van der Waals surface area contributed by atoms with E-state index in [0.29, 0.717) is 10.8 Å². The molecule has 2 amide bonds. The van der Waals surface area contributed by atoms with Gasteiger partial charge in [0.1, 0.15) is 11.1 Å². The van der Waals surface area contributed by atoms with Gasteiger partial charge in [-0.3, -0.25) is 9.59 Å². The normalized spacial score (nSPS) is 13.7. The first-order chi connectivity index (χ1) is 17.0. The number of aromatic nitrogens is 1. The van der Waals surface area contributed by atoms with Gasteiger partial charge in [-0.05, 0) is 60.9 Å². The number of thioether (sulfide) groups is 1. The average molecular weight is 504 g/mol. The fourth-order valence-corrected chi connectivity index (χ4v) is 5.34. The van der Waals surface area contributed by atoms with E-state index in [0.717, 1.165) is 34.6 Å². The first-order valence-corrected chi connectivity index (χ1v) is 13.0. The Balaban J connectivity index is 1.33. The Labute approximate surface area is 210 Å². The SMILES string of the molecule is O=C(Nc1cccc(SC(C(=O)Nc2nc(-c3ccc(F)cc3)cs2)c2ccccc2)c1)C1CC1. The molecule has 5 rings (SSSR count). The van der Waals surface area contributed by atoms with Gasteiger partial charge in [-0.15, -0.1) is 23.1 Å². The molecule has 8 heteroatoms. The van der Waals surface area contributed by atoms with E-state index in [2.05, 4.69) is 15.6 Å². The highest BCUT2D eigenvalue weighted by Gasteiger charge is 2.29. The van der Waals surface area contributed by atoms with Crippen molar-refractivity contribution < 1.29 is 14.0 Å². The number of carbonyl (C=O) groups excluding carboxylic acids is 2. The molecule has 0 saturated heterocycles. The van der Waals surface area contributed by atoms with E-state index in [1.54, 1.807) is 12.1 Å². The second-order valence-corrected chi connectivity index (χ2v) is 10.3. The number of hydrogen-bond acceptors (Lipinski definition) is 5. The van der Waals surface area contributed by atoms with Crippen LogP contribution in [0.2, 0.25) is 0 Å². The van der Waals surface area contributed by atoms with Crippen LogP contribution in [0.25, 0.3) is 11.3 Å². The molecule has 1 atom stereocenters. The molecule has 1 aliphatic carbocycles. The lowest BCUT2D eigenvalue weighted by Crippen LogP contribution is -2.19. The van der Waals surface area contributed by atoms with E-state index in [1.165, 1.54) is 35.2 Å². The Morgan fingerprint density at radius 3 is 2.49 bits per heavy atom. The van der Waals surface area contributed by atoms with Crippen molar-refractivity contribution in [3.05, 3.63) is 95.6 Å². The molecule has 0 spiro atoms. The van der Waals surface area contributed by atoms with Gasteiger partial charge in [0.2, 0.25) is 11.8 Å². The zero-order valence-corrected chi connectivity index (χ0v) is 20.2. The molecular weight excluding hydrogens is 481 g/mol. The Morgan fingerprint density at radius 2 is 1.74 bits per heavy atom. The minimum Gasteiger partial charge on any atom is -0.326 e. The van der Waals surface area contributed by atoms with Crippen LogP contribution in [0.1, 0.15) is 23.7 Å². The predicted octanol–water partition coefficient (Wildman–Crippen LogP) is 6.77. The molecule has 5 nitrogen and oxygen atoms in total. The van der Waals surface area contributed by atoms with E-state index in [9.17, 15) is 14.0 Å². The van der Waals surface area contributed by atoms with Crippen molar-refractivity contribution in [1.82, 2.24) is 4.98 Å². The van der Waals surface area contributed by atoms with Crippen LogP contribution in [0.3, 0.4) is 0 Å². The third-order valence-electron chi connectivity index (χ3n) is 5.52. The zero-order valence-electron chi connectivity index (χ0n) is 18.6. The highest BCUT2D eigenvalue weighted by atomic mass is 32.2. The van der Waals surface area contributed by atoms with Gasteiger partial charge in [0.15, 0.2) is 5.13 Å². The summed E-state index contributed by atoms with van der Waals surface area (Å²) < 4.78 is 13.2. The zero-order chi connectivity index (χ0) is 24.2. The molecule has 1 unspecified atom stereocenters. The molecule has 0 aliphatic heterocycles. The smallest absolute Gasteiger partial charge is 0.244 e. The highest BCUT2D eigenvalue weighted by Crippen LogP contribution is 2.38. The van der Waals surface area contributed by atoms with E-state index < -0.39 is 5.25 Å². The van der Waals surface area contributed by atoms with Crippen LogP contribution >= 0.6 is 23.1 Å². The van der Waals surface area contributed by atoms with Crippen molar-refractivity contribution in [2.24, 2.45) is 5.92 Å². The minimum absolute atomic E-state index is 0.0465. The number of carbonyl (C=O) groups is 2. The number of anilines is 2. The summed E-state index contributed by atoms with van der Waals surface area (Å²) in [6, 6.07) is 23.2. The summed E-state index contributed by atoms with van der Waals surface area (Å²) in [5.41, 5.74) is 3.04. The average Bonchev–Trinajstić information content (AvgIpc) is 3.63. The number of nitrogens with zero attached hydrogens (tertiary/aromatic N) is 1. The van der Waals surface area contributed by atoms with E-state index in [4.69, 9.17) is 0 Å². The molecule has 3 aromatic carbocycles. The summed E-state index contributed by atoms with van der Waals surface area (Å²) in [5, 5.41) is 7.68. The van der Waals surface area contributed by atoms with Crippen molar-refractivity contribution >= 4 is 45.7 Å². The molecule has 1 aliphatic rings. The number of hydrogen-bond donors (Lipinski definition) is 2. The molecule has 0 bridgehead atoms. The van der Waals surface area contributed by atoms with Crippen LogP contribution in [0.4, 0.5) is 15.2 Å². The first kappa shape index (κ1) is 23.3. The van der Waals surface area contributed by atoms with Crippen LogP contribution in [0, 0.1) is 11.7 Å². The molecular formula is C27H22FN3O2S2. The first-order valence-electron chi connectivity index (χ1n) is 11.2. The van der Waals surface area contributed by atoms with Gasteiger partial charge < -0.3 is 10.6 Å².